The van der Waals surface area contributed by atoms with Crippen LogP contribution in [0.25, 0.3) is 0 Å². The van der Waals surface area contributed by atoms with E-state index in [1.807, 2.05) is 12.2 Å². The van der Waals surface area contributed by atoms with E-state index in [0.717, 1.165) is 62.4 Å². The molecular formula is C33H46ClFN6O3. The number of β-amino-alcohol motifs (C(OH)–C–C–N with tert-alkyl or cyclic N) is 1. The van der Waals surface area contributed by atoms with Crippen LogP contribution in [0.3, 0.4) is 0 Å². The van der Waals surface area contributed by atoms with Gasteiger partial charge in [-0.2, -0.15) is 0 Å². The van der Waals surface area contributed by atoms with E-state index in [1.54, 1.807) is 0 Å². The van der Waals surface area contributed by atoms with Crippen molar-refractivity contribution in [2.75, 3.05) is 66.0 Å². The van der Waals surface area contributed by atoms with Gasteiger partial charge in [0, 0.05) is 62.7 Å². The molecule has 11 heteroatoms. The molecule has 6 aliphatic rings. The van der Waals surface area contributed by atoms with Gasteiger partial charge in [0.15, 0.2) is 0 Å². The minimum atomic E-state index is -0.698. The number of likely N-dealkylation sites (tertiary alicyclic amines) is 1. The first-order valence-electron chi connectivity index (χ1n) is 16.2. The Labute approximate surface area is 265 Å². The highest BCUT2D eigenvalue weighted by Gasteiger charge is 2.32. The topological polar surface area (TPSA) is 102 Å². The Hall–Kier alpha value is -2.79. The van der Waals surface area contributed by atoms with Crippen molar-refractivity contribution in [2.24, 2.45) is 0 Å². The molecule has 0 aromatic carbocycles. The number of nitrogens with one attached hydrogen (secondary N) is 3. The summed E-state index contributed by atoms with van der Waals surface area (Å²) in [6.45, 7) is 6.01. The predicted octanol–water partition coefficient (Wildman–Crippen LogP) is 3.00. The van der Waals surface area contributed by atoms with E-state index < -0.39 is 6.10 Å². The average Bonchev–Trinajstić information content (AvgIpc) is 3.77. The van der Waals surface area contributed by atoms with E-state index >= 15 is 0 Å². The Kier molecular flexibility index (Phi) is 10.0. The highest BCUT2D eigenvalue weighted by atomic mass is 35.5. The van der Waals surface area contributed by atoms with E-state index in [-0.39, 0.29) is 18.5 Å². The van der Waals surface area contributed by atoms with Crippen molar-refractivity contribution in [3.8, 4) is 0 Å². The number of likely N-dealkylation sites (N-methyl/N-ethyl adjacent to an activating group) is 1. The summed E-state index contributed by atoms with van der Waals surface area (Å²) in [6, 6.07) is 0.654. The van der Waals surface area contributed by atoms with Gasteiger partial charge in [-0.05, 0) is 81.3 Å². The minimum absolute atomic E-state index is 0.115. The average molecular weight is 629 g/mol. The second-order valence-corrected chi connectivity index (χ2v) is 13.2. The number of carbonyl (C=O) groups excluding carboxylic acids is 1. The molecule has 4 N–H and O–H groups in total. The van der Waals surface area contributed by atoms with E-state index in [0.29, 0.717) is 55.8 Å². The van der Waals surface area contributed by atoms with Gasteiger partial charge >= 0.3 is 0 Å². The molecule has 6 rings (SSSR count). The van der Waals surface area contributed by atoms with Crippen LogP contribution in [0.2, 0.25) is 0 Å². The first-order valence-corrected chi connectivity index (χ1v) is 16.6. The Bertz CT molecular complexity index is 1300. The van der Waals surface area contributed by atoms with Crippen LogP contribution in [0.15, 0.2) is 69.2 Å². The van der Waals surface area contributed by atoms with Crippen molar-refractivity contribution < 1.29 is 19.0 Å². The Balaban J connectivity index is 0.993. The lowest BCUT2D eigenvalue weighted by Gasteiger charge is -2.34. The molecule has 1 amide bonds. The van der Waals surface area contributed by atoms with Gasteiger partial charge in [-0.15, -0.1) is 0 Å². The number of ether oxygens (including phenoxy) is 1. The molecule has 0 radical (unpaired) electrons. The third-order valence-corrected chi connectivity index (χ3v) is 10.2. The lowest BCUT2D eigenvalue weighted by molar-refractivity contribution is -0.117. The molecule has 0 aromatic rings. The second-order valence-electron chi connectivity index (χ2n) is 12.8. The number of fused-ring (bicyclic) bond motifs is 2. The summed E-state index contributed by atoms with van der Waals surface area (Å²) in [7, 11) is 2.10. The molecule has 0 aromatic heterocycles. The zero-order valence-electron chi connectivity index (χ0n) is 25.7. The maximum Gasteiger partial charge on any atom is 0.251 e. The number of allylic oxidation sites excluding steroid dienone is 2. The summed E-state index contributed by atoms with van der Waals surface area (Å²) < 4.78 is 19.5. The van der Waals surface area contributed by atoms with Crippen LogP contribution >= 0.6 is 11.6 Å². The number of hydrogen-bond acceptors (Lipinski definition) is 8. The molecule has 1 aliphatic carbocycles. The van der Waals surface area contributed by atoms with Crippen LogP contribution in [-0.2, 0) is 9.53 Å². The highest BCUT2D eigenvalue weighted by Crippen LogP contribution is 2.32. The summed E-state index contributed by atoms with van der Waals surface area (Å²) in [6.07, 6.45) is 12.4. The van der Waals surface area contributed by atoms with Gasteiger partial charge in [0.1, 0.15) is 18.2 Å². The van der Waals surface area contributed by atoms with Crippen LogP contribution < -0.4 is 16.0 Å². The number of nitrogens with zero attached hydrogens (tertiary/aromatic N) is 3. The number of aliphatic hydroxyl groups is 1. The van der Waals surface area contributed by atoms with Gasteiger partial charge in [0.25, 0.3) is 5.91 Å². The zero-order chi connectivity index (χ0) is 30.6. The number of hydrogen-bond donors (Lipinski definition) is 4. The molecule has 3 saturated heterocycles. The summed E-state index contributed by atoms with van der Waals surface area (Å²) in [5.74, 6) is 1.28. The van der Waals surface area contributed by atoms with E-state index in [2.05, 4.69) is 37.7 Å². The van der Waals surface area contributed by atoms with Crippen molar-refractivity contribution in [1.29, 1.82) is 0 Å². The third kappa shape index (κ3) is 7.36. The maximum atomic E-state index is 13.3. The molecule has 5 aliphatic heterocycles. The van der Waals surface area contributed by atoms with E-state index in [1.165, 1.54) is 42.2 Å². The van der Waals surface area contributed by atoms with Crippen LogP contribution in [-0.4, -0.2) is 110 Å². The number of carbonyl (C=O) groups is 1. The van der Waals surface area contributed by atoms with Gasteiger partial charge in [0.05, 0.1) is 30.1 Å². The molecule has 2 atom stereocenters. The molecule has 240 valence electrons. The van der Waals surface area contributed by atoms with Crippen molar-refractivity contribution in [3.63, 3.8) is 0 Å². The number of halogens is 2. The van der Waals surface area contributed by atoms with Crippen molar-refractivity contribution in [3.05, 3.63) is 69.2 Å². The maximum absolute atomic E-state index is 13.3. The molecule has 2 bridgehead atoms. The highest BCUT2D eigenvalue weighted by molar-refractivity contribution is 6.32. The van der Waals surface area contributed by atoms with Gasteiger partial charge in [-0.3, -0.25) is 14.6 Å². The molecule has 0 spiro atoms. The predicted molar refractivity (Wildman–Crippen MR) is 170 cm³/mol. The fourth-order valence-electron chi connectivity index (χ4n) is 6.81. The molecular weight excluding hydrogens is 583 g/mol. The molecule has 1 saturated carbocycles. The van der Waals surface area contributed by atoms with Crippen molar-refractivity contribution in [1.82, 2.24) is 30.7 Å². The smallest absolute Gasteiger partial charge is 0.251 e. The number of aliphatic hydroxyl groups excluding tert-OH is 1. The van der Waals surface area contributed by atoms with Crippen molar-refractivity contribution in [2.45, 2.75) is 63.1 Å². The van der Waals surface area contributed by atoms with Gasteiger partial charge in [0.2, 0.25) is 0 Å². The summed E-state index contributed by atoms with van der Waals surface area (Å²) >= 11 is 6.76. The van der Waals surface area contributed by atoms with Crippen LogP contribution in [0, 0.1) is 0 Å². The fraction of sp³-hybridized carbons (Fsp3) is 0.606. The minimum Gasteiger partial charge on any atom is -0.490 e. The molecule has 44 heavy (non-hydrogen) atoms. The summed E-state index contributed by atoms with van der Waals surface area (Å²) in [4.78, 5) is 19.8. The van der Waals surface area contributed by atoms with Gasteiger partial charge < -0.3 is 30.7 Å². The van der Waals surface area contributed by atoms with E-state index in [9.17, 15) is 14.3 Å². The zero-order valence-corrected chi connectivity index (χ0v) is 26.5. The van der Waals surface area contributed by atoms with Gasteiger partial charge in [-0.1, -0.05) is 17.7 Å². The SMILES string of the molecule is CN1CCC/C(=C2/CN2)C1COC(/C=C/F)=C(\Cl)C1=CCN(C[C@@H](O)CNC(=O)C2=C3CCN(C3)C(NC3CCC3)=C2)CC1. The summed E-state index contributed by atoms with van der Waals surface area (Å²) in [5.41, 5.74) is 5.51. The lowest BCUT2D eigenvalue weighted by Crippen LogP contribution is -2.43. The van der Waals surface area contributed by atoms with E-state index in [4.69, 9.17) is 16.3 Å². The molecule has 9 nitrogen and oxygen atoms in total. The Morgan fingerprint density at radius 1 is 1.25 bits per heavy atom. The number of piperidine rings is 1. The third-order valence-electron chi connectivity index (χ3n) is 9.77. The quantitative estimate of drug-likeness (QED) is 0.149. The van der Waals surface area contributed by atoms with Crippen LogP contribution in [0.1, 0.15) is 44.9 Å². The first-order chi connectivity index (χ1) is 21.4. The number of rotatable bonds is 12. The van der Waals surface area contributed by atoms with Gasteiger partial charge in [-0.25, -0.2) is 4.39 Å². The molecule has 4 fully saturated rings. The monoisotopic (exact) mass is 628 g/mol. The van der Waals surface area contributed by atoms with Crippen molar-refractivity contribution >= 4 is 17.5 Å². The number of amides is 1. The van der Waals surface area contributed by atoms with Crippen LogP contribution in [0.4, 0.5) is 4.39 Å². The van der Waals surface area contributed by atoms with Crippen LogP contribution in [0.5, 0.6) is 0 Å². The molecule has 5 heterocycles. The standard InChI is InChI=1S/C33H46ClFN6O3/c1-39-12-3-6-26(28-18-36-28)29(39)21-44-30(7-11-35)32(34)22-8-13-40(14-9-22)20-25(42)17-37-33(43)27-16-31(38-24-4-2-5-24)41-15-10-23(27)19-41/h7-8,11,16,24-25,29,36,38,42H,2-6,9-10,12-15,17-21H2,1H3,(H,37,43)/b11-7+,28-26+,32-30-/t25-,29?/m0/s1. The lowest BCUT2D eigenvalue weighted by atomic mass is 9.93. The second kappa shape index (κ2) is 14.1. The first kappa shape index (κ1) is 31.2. The Morgan fingerprint density at radius 2 is 2.09 bits per heavy atom. The largest absolute Gasteiger partial charge is 0.490 e. The normalized spacial score (nSPS) is 27.4. The Morgan fingerprint density at radius 3 is 2.80 bits per heavy atom. The fourth-order valence-corrected chi connectivity index (χ4v) is 7.10. The molecule has 1 unspecified atom stereocenters. The summed E-state index contributed by atoms with van der Waals surface area (Å²) in [5, 5.41) is 21.1.